The van der Waals surface area contributed by atoms with E-state index in [2.05, 4.69) is 5.32 Å². The molecule has 1 heterocycles. The van der Waals surface area contributed by atoms with Crippen molar-refractivity contribution in [3.8, 4) is 0 Å². The average molecular weight is 290 g/mol. The van der Waals surface area contributed by atoms with Gasteiger partial charge in [-0.3, -0.25) is 9.59 Å². The lowest BCUT2D eigenvalue weighted by Gasteiger charge is -2.27. The molecule has 0 spiro atoms. The van der Waals surface area contributed by atoms with Crippen LogP contribution in [0.2, 0.25) is 0 Å². The van der Waals surface area contributed by atoms with Crippen LogP contribution in [0, 0.1) is 19.8 Å². The molecule has 1 aliphatic rings. The van der Waals surface area contributed by atoms with E-state index >= 15 is 0 Å². The lowest BCUT2D eigenvalue weighted by molar-refractivity contribution is -0.897. The summed E-state index contributed by atoms with van der Waals surface area (Å²) in [4.78, 5) is 24.5. The molecular formula is C16H24N3O2+. The summed E-state index contributed by atoms with van der Waals surface area (Å²) in [6.07, 6.45) is 1.56. The number of nitrogens with one attached hydrogen (secondary N) is 2. The Morgan fingerprint density at radius 1 is 1.29 bits per heavy atom. The van der Waals surface area contributed by atoms with Gasteiger partial charge in [0.05, 0.1) is 13.1 Å². The summed E-state index contributed by atoms with van der Waals surface area (Å²) < 4.78 is 0. The second-order valence-electron chi connectivity index (χ2n) is 5.90. The van der Waals surface area contributed by atoms with Crippen molar-refractivity contribution in [2.45, 2.75) is 26.7 Å². The van der Waals surface area contributed by atoms with Crippen molar-refractivity contribution >= 4 is 17.5 Å². The number of hydrogen-bond acceptors (Lipinski definition) is 2. The van der Waals surface area contributed by atoms with Crippen molar-refractivity contribution in [1.82, 2.24) is 0 Å². The molecule has 2 amide bonds. The number of anilines is 1. The van der Waals surface area contributed by atoms with Crippen LogP contribution in [0.15, 0.2) is 18.2 Å². The normalized spacial score (nSPS) is 21.8. The molecule has 4 N–H and O–H groups in total. The fraction of sp³-hybridized carbons (Fsp3) is 0.500. The van der Waals surface area contributed by atoms with E-state index in [-0.39, 0.29) is 17.7 Å². The van der Waals surface area contributed by atoms with Crippen LogP contribution in [0.5, 0.6) is 0 Å². The first-order chi connectivity index (χ1) is 9.97. The third-order valence-corrected chi connectivity index (χ3v) is 4.38. The molecule has 0 bridgehead atoms. The van der Waals surface area contributed by atoms with E-state index in [0.29, 0.717) is 6.54 Å². The van der Waals surface area contributed by atoms with E-state index < -0.39 is 0 Å². The van der Waals surface area contributed by atoms with Crippen molar-refractivity contribution in [3.63, 3.8) is 0 Å². The van der Waals surface area contributed by atoms with Gasteiger partial charge in [-0.05, 0) is 31.0 Å². The van der Waals surface area contributed by atoms with Crippen LogP contribution in [-0.2, 0) is 9.59 Å². The van der Waals surface area contributed by atoms with E-state index in [4.69, 9.17) is 5.73 Å². The number of aryl methyl sites for hydroxylation is 1. The first kappa shape index (κ1) is 15.5. The number of primary amides is 1. The van der Waals surface area contributed by atoms with E-state index in [9.17, 15) is 9.59 Å². The molecule has 0 aliphatic carbocycles. The highest BCUT2D eigenvalue weighted by molar-refractivity contribution is 5.92. The van der Waals surface area contributed by atoms with Crippen LogP contribution in [0.4, 0.5) is 5.69 Å². The lowest BCUT2D eigenvalue weighted by Crippen LogP contribution is -3.14. The number of likely N-dealkylation sites (tertiary alicyclic amines) is 1. The minimum Gasteiger partial charge on any atom is -0.369 e. The van der Waals surface area contributed by atoms with Crippen LogP contribution in [0.3, 0.4) is 0 Å². The molecule has 5 heteroatoms. The zero-order chi connectivity index (χ0) is 15.4. The summed E-state index contributed by atoms with van der Waals surface area (Å²) in [5.41, 5.74) is 8.47. The highest BCUT2D eigenvalue weighted by Gasteiger charge is 2.27. The zero-order valence-electron chi connectivity index (χ0n) is 12.7. The second kappa shape index (κ2) is 6.72. The van der Waals surface area contributed by atoms with Gasteiger partial charge in [0.15, 0.2) is 6.54 Å². The molecule has 1 aliphatic heterocycles. The van der Waals surface area contributed by atoms with Crippen LogP contribution in [0.25, 0.3) is 0 Å². The smallest absolute Gasteiger partial charge is 0.279 e. The lowest BCUT2D eigenvalue weighted by atomic mass is 9.96. The first-order valence-corrected chi connectivity index (χ1v) is 7.46. The Hall–Kier alpha value is -1.88. The number of benzene rings is 1. The maximum absolute atomic E-state index is 12.1. The van der Waals surface area contributed by atoms with Crippen molar-refractivity contribution in [2.75, 3.05) is 25.0 Å². The van der Waals surface area contributed by atoms with Gasteiger partial charge in [0.25, 0.3) is 5.91 Å². The fourth-order valence-electron chi connectivity index (χ4n) is 2.80. The number of rotatable bonds is 4. The van der Waals surface area contributed by atoms with Gasteiger partial charge in [0.1, 0.15) is 0 Å². The van der Waals surface area contributed by atoms with Crippen LogP contribution in [0.1, 0.15) is 24.0 Å². The number of carbonyl (C=O) groups excluding carboxylic acids is 2. The van der Waals surface area contributed by atoms with Crippen LogP contribution < -0.4 is 16.0 Å². The Balaban J connectivity index is 1.86. The van der Waals surface area contributed by atoms with E-state index in [1.165, 1.54) is 10.5 Å². The van der Waals surface area contributed by atoms with Crippen LogP contribution >= 0.6 is 0 Å². The molecule has 0 atom stereocenters. The van der Waals surface area contributed by atoms with Gasteiger partial charge in [0.2, 0.25) is 5.91 Å². The van der Waals surface area contributed by atoms with Crippen molar-refractivity contribution in [3.05, 3.63) is 29.3 Å². The minimum absolute atomic E-state index is 0.0178. The van der Waals surface area contributed by atoms with Gasteiger partial charge < -0.3 is 16.0 Å². The summed E-state index contributed by atoms with van der Waals surface area (Å²) in [7, 11) is 0. The monoisotopic (exact) mass is 290 g/mol. The predicted octanol–water partition coefficient (Wildman–Crippen LogP) is 0.0221. The highest BCUT2D eigenvalue weighted by atomic mass is 16.2. The highest BCUT2D eigenvalue weighted by Crippen LogP contribution is 2.17. The molecular weight excluding hydrogens is 266 g/mol. The fourth-order valence-corrected chi connectivity index (χ4v) is 2.80. The van der Waals surface area contributed by atoms with Gasteiger partial charge in [-0.1, -0.05) is 12.1 Å². The van der Waals surface area contributed by atoms with Gasteiger partial charge in [-0.25, -0.2) is 0 Å². The molecule has 1 fully saturated rings. The maximum atomic E-state index is 12.1. The SMILES string of the molecule is Cc1cccc(NC(=O)C[NH+]2CCC(C(N)=O)CC2)c1C. The molecule has 0 aromatic heterocycles. The van der Waals surface area contributed by atoms with Crippen molar-refractivity contribution < 1.29 is 14.5 Å². The molecule has 1 aromatic carbocycles. The predicted molar refractivity (Wildman–Crippen MR) is 82.0 cm³/mol. The third kappa shape index (κ3) is 4.04. The number of quaternary nitrogens is 1. The molecule has 0 saturated carbocycles. The van der Waals surface area contributed by atoms with Gasteiger partial charge in [0, 0.05) is 24.4 Å². The molecule has 5 nitrogen and oxygen atoms in total. The third-order valence-electron chi connectivity index (χ3n) is 4.38. The Morgan fingerprint density at radius 3 is 2.57 bits per heavy atom. The minimum atomic E-state index is -0.214. The van der Waals surface area contributed by atoms with E-state index in [0.717, 1.165) is 37.2 Å². The molecule has 2 rings (SSSR count). The Bertz CT molecular complexity index is 534. The summed E-state index contributed by atoms with van der Waals surface area (Å²) in [6, 6.07) is 5.91. The Labute approximate surface area is 125 Å². The second-order valence-corrected chi connectivity index (χ2v) is 5.90. The Morgan fingerprint density at radius 2 is 1.95 bits per heavy atom. The maximum Gasteiger partial charge on any atom is 0.279 e. The van der Waals surface area contributed by atoms with Crippen molar-refractivity contribution in [2.24, 2.45) is 11.7 Å². The molecule has 0 radical (unpaired) electrons. The first-order valence-electron chi connectivity index (χ1n) is 7.46. The summed E-state index contributed by atoms with van der Waals surface area (Å²) in [5.74, 6) is -0.207. The molecule has 21 heavy (non-hydrogen) atoms. The van der Waals surface area contributed by atoms with Crippen molar-refractivity contribution in [1.29, 1.82) is 0 Å². The molecule has 0 unspecified atom stereocenters. The van der Waals surface area contributed by atoms with Crippen LogP contribution in [-0.4, -0.2) is 31.4 Å². The summed E-state index contributed by atoms with van der Waals surface area (Å²) in [6.45, 7) is 6.14. The van der Waals surface area contributed by atoms with E-state index in [1.807, 2.05) is 32.0 Å². The largest absolute Gasteiger partial charge is 0.369 e. The quantitative estimate of drug-likeness (QED) is 0.731. The summed E-state index contributed by atoms with van der Waals surface area (Å²) >= 11 is 0. The number of hydrogen-bond donors (Lipinski definition) is 3. The van der Waals surface area contributed by atoms with Gasteiger partial charge >= 0.3 is 0 Å². The zero-order valence-corrected chi connectivity index (χ0v) is 12.7. The Kier molecular flexibility index (Phi) is 4.96. The molecule has 114 valence electrons. The molecule has 1 aromatic rings. The standard InChI is InChI=1S/C16H23N3O2/c1-11-4-3-5-14(12(11)2)18-15(20)10-19-8-6-13(7-9-19)16(17)21/h3-5,13H,6-10H2,1-2H3,(H2,17,21)(H,18,20)/p+1. The average Bonchev–Trinajstić information content (AvgIpc) is 2.44. The topological polar surface area (TPSA) is 76.6 Å². The molecule has 1 saturated heterocycles. The van der Waals surface area contributed by atoms with E-state index in [1.54, 1.807) is 0 Å². The van der Waals surface area contributed by atoms with Gasteiger partial charge in [-0.2, -0.15) is 0 Å². The number of nitrogens with two attached hydrogens (primary N) is 1. The number of amides is 2. The number of piperidine rings is 1. The summed E-state index contributed by atoms with van der Waals surface area (Å²) in [5, 5.41) is 2.98. The number of carbonyl (C=O) groups is 2. The van der Waals surface area contributed by atoms with Gasteiger partial charge in [-0.15, -0.1) is 0 Å².